The fraction of sp³-hybridized carbons (Fsp3) is 0.259. The number of hydrogen-bond donors (Lipinski definition) is 1. The van der Waals surface area contributed by atoms with Crippen LogP contribution in [0.4, 0.5) is 0 Å². The first-order valence-corrected chi connectivity index (χ1v) is 12.1. The molecule has 170 valence electrons. The summed E-state index contributed by atoms with van der Waals surface area (Å²) in [4.78, 5) is 27.2. The molecule has 1 aliphatic rings. The Morgan fingerprint density at radius 3 is 2.42 bits per heavy atom. The molecule has 1 fully saturated rings. The number of benzene rings is 3. The van der Waals surface area contributed by atoms with Crippen molar-refractivity contribution in [2.24, 2.45) is 0 Å². The minimum absolute atomic E-state index is 0.0171. The van der Waals surface area contributed by atoms with Gasteiger partial charge in [-0.1, -0.05) is 54.6 Å². The van der Waals surface area contributed by atoms with E-state index >= 15 is 0 Å². The van der Waals surface area contributed by atoms with Crippen molar-refractivity contribution in [3.8, 4) is 5.75 Å². The molecule has 1 heterocycles. The maximum Gasteiger partial charge on any atom is 0.251 e. The number of amides is 2. The third-order valence-corrected chi connectivity index (χ3v) is 7.13. The highest BCUT2D eigenvalue weighted by atomic mass is 32.2. The van der Waals surface area contributed by atoms with Gasteiger partial charge in [0.2, 0.25) is 5.91 Å². The molecule has 0 aromatic heterocycles. The Bertz CT molecular complexity index is 1080. The first-order valence-electron chi connectivity index (χ1n) is 11.0. The van der Waals surface area contributed by atoms with Crippen molar-refractivity contribution < 1.29 is 14.3 Å². The number of carbonyl (C=O) groups excluding carboxylic acids is 2. The largest absolute Gasteiger partial charge is 0.497 e. The zero-order valence-electron chi connectivity index (χ0n) is 18.9. The molecule has 2 amide bonds. The number of rotatable bonds is 8. The second-order valence-corrected chi connectivity index (χ2v) is 9.14. The number of carbonyl (C=O) groups is 2. The Balaban J connectivity index is 1.39. The van der Waals surface area contributed by atoms with E-state index in [4.69, 9.17) is 4.74 Å². The van der Waals surface area contributed by atoms with Crippen LogP contribution in [-0.4, -0.2) is 36.1 Å². The summed E-state index contributed by atoms with van der Waals surface area (Å²) in [5.74, 6) is 1.31. The zero-order valence-corrected chi connectivity index (χ0v) is 19.7. The van der Waals surface area contributed by atoms with Crippen LogP contribution in [0.1, 0.15) is 45.4 Å². The third-order valence-electron chi connectivity index (χ3n) is 5.87. The highest BCUT2D eigenvalue weighted by Gasteiger charge is 2.32. The lowest BCUT2D eigenvalue weighted by Crippen LogP contribution is -2.30. The molecule has 0 bridgehead atoms. The number of thioether (sulfide) groups is 1. The van der Waals surface area contributed by atoms with Crippen molar-refractivity contribution in [3.05, 3.63) is 101 Å². The van der Waals surface area contributed by atoms with Crippen LogP contribution in [0.2, 0.25) is 0 Å². The average molecular weight is 461 g/mol. The lowest BCUT2D eigenvalue weighted by Gasteiger charge is -2.24. The highest BCUT2D eigenvalue weighted by Crippen LogP contribution is 2.38. The van der Waals surface area contributed by atoms with E-state index in [9.17, 15) is 9.59 Å². The molecule has 2 atom stereocenters. The molecule has 5 nitrogen and oxygen atoms in total. The summed E-state index contributed by atoms with van der Waals surface area (Å²) < 4.78 is 5.19. The number of nitrogens with zero attached hydrogens (tertiary/aromatic N) is 1. The smallest absolute Gasteiger partial charge is 0.251 e. The molecule has 6 heteroatoms. The van der Waals surface area contributed by atoms with Crippen LogP contribution in [0.5, 0.6) is 5.75 Å². The molecule has 3 aromatic carbocycles. The Morgan fingerprint density at radius 1 is 1.06 bits per heavy atom. The molecule has 0 spiro atoms. The quantitative estimate of drug-likeness (QED) is 0.514. The van der Waals surface area contributed by atoms with Crippen molar-refractivity contribution in [2.45, 2.75) is 24.8 Å². The van der Waals surface area contributed by atoms with E-state index in [0.29, 0.717) is 17.9 Å². The van der Waals surface area contributed by atoms with Crippen LogP contribution in [0.25, 0.3) is 0 Å². The fourth-order valence-electron chi connectivity index (χ4n) is 3.92. The Labute approximate surface area is 199 Å². The summed E-state index contributed by atoms with van der Waals surface area (Å²) in [6, 6.07) is 25.3. The van der Waals surface area contributed by atoms with Gasteiger partial charge in [-0.05, 0) is 54.3 Å². The Morgan fingerprint density at radius 2 is 1.76 bits per heavy atom. The van der Waals surface area contributed by atoms with Gasteiger partial charge in [0.1, 0.15) is 11.1 Å². The van der Waals surface area contributed by atoms with Gasteiger partial charge in [-0.3, -0.25) is 9.59 Å². The lowest BCUT2D eigenvalue weighted by atomic mass is 10.1. The van der Waals surface area contributed by atoms with Gasteiger partial charge in [0.15, 0.2) is 0 Å². The summed E-state index contributed by atoms with van der Waals surface area (Å²) in [6.07, 6.45) is 0.827. The Kier molecular flexibility index (Phi) is 7.35. The molecule has 4 rings (SSSR count). The van der Waals surface area contributed by atoms with Gasteiger partial charge in [0, 0.05) is 12.1 Å². The molecule has 33 heavy (non-hydrogen) atoms. The van der Waals surface area contributed by atoms with E-state index in [1.54, 1.807) is 18.9 Å². The minimum Gasteiger partial charge on any atom is -0.497 e. The second kappa shape index (κ2) is 10.6. The summed E-state index contributed by atoms with van der Waals surface area (Å²) in [5.41, 5.74) is 3.87. The summed E-state index contributed by atoms with van der Waals surface area (Å²) >= 11 is 1.64. The normalized spacial score (nSPS) is 16.5. The predicted molar refractivity (Wildman–Crippen MR) is 132 cm³/mol. The molecular formula is C27H28N2O3S. The number of methoxy groups -OCH3 is 1. The van der Waals surface area contributed by atoms with Crippen LogP contribution in [0, 0.1) is 0 Å². The molecule has 0 saturated carbocycles. The van der Waals surface area contributed by atoms with Crippen molar-refractivity contribution in [2.75, 3.05) is 19.4 Å². The van der Waals surface area contributed by atoms with Gasteiger partial charge in [-0.15, -0.1) is 11.8 Å². The Hall–Kier alpha value is -3.25. The molecule has 0 radical (unpaired) electrons. The van der Waals surface area contributed by atoms with Crippen LogP contribution in [0.15, 0.2) is 78.9 Å². The summed E-state index contributed by atoms with van der Waals surface area (Å²) in [6.45, 7) is 2.64. The topological polar surface area (TPSA) is 58.6 Å². The zero-order chi connectivity index (χ0) is 23.2. The number of nitrogens with one attached hydrogen (secondary N) is 1. The molecule has 1 saturated heterocycles. The maximum absolute atomic E-state index is 12.8. The van der Waals surface area contributed by atoms with E-state index < -0.39 is 0 Å². The van der Waals surface area contributed by atoms with Gasteiger partial charge < -0.3 is 15.0 Å². The number of ether oxygens (including phenoxy) is 1. The average Bonchev–Trinajstić information content (AvgIpc) is 3.23. The second-order valence-electron chi connectivity index (χ2n) is 8.08. The van der Waals surface area contributed by atoms with Crippen LogP contribution >= 0.6 is 11.8 Å². The van der Waals surface area contributed by atoms with Crippen LogP contribution in [0.3, 0.4) is 0 Å². The fourth-order valence-corrected chi connectivity index (χ4v) is 5.14. The van der Waals surface area contributed by atoms with Gasteiger partial charge in [-0.2, -0.15) is 0 Å². The standard InChI is InChI=1S/C27H28N2O3S/c1-19(21-12-14-24(32-2)15-13-21)28-26(31)22-8-10-23(11-9-22)27-29(25(30)18-33-27)17-16-20-6-4-3-5-7-20/h3-15,19,27H,16-18H2,1-2H3,(H,28,31)/t19-,27-/m1/s1. The molecule has 3 aromatic rings. The summed E-state index contributed by atoms with van der Waals surface area (Å²) in [7, 11) is 1.63. The summed E-state index contributed by atoms with van der Waals surface area (Å²) in [5, 5.41) is 3.03. The first kappa shape index (κ1) is 22.9. The van der Waals surface area contributed by atoms with E-state index in [2.05, 4.69) is 17.4 Å². The maximum atomic E-state index is 12.8. The van der Waals surface area contributed by atoms with Gasteiger partial charge >= 0.3 is 0 Å². The SMILES string of the molecule is COc1ccc([C@@H](C)NC(=O)c2ccc([C@H]3SCC(=O)N3CCc3ccccc3)cc2)cc1. The highest BCUT2D eigenvalue weighted by molar-refractivity contribution is 8.00. The van der Waals surface area contributed by atoms with Gasteiger partial charge in [-0.25, -0.2) is 0 Å². The van der Waals surface area contributed by atoms with Gasteiger partial charge in [0.25, 0.3) is 5.91 Å². The molecule has 1 aliphatic heterocycles. The van der Waals surface area contributed by atoms with Crippen molar-refractivity contribution in [3.63, 3.8) is 0 Å². The van der Waals surface area contributed by atoms with Crippen LogP contribution < -0.4 is 10.1 Å². The molecule has 0 unspecified atom stereocenters. The third kappa shape index (κ3) is 5.57. The molecule has 0 aliphatic carbocycles. The van der Waals surface area contributed by atoms with Crippen LogP contribution in [-0.2, 0) is 11.2 Å². The molecular weight excluding hydrogens is 432 g/mol. The van der Waals surface area contributed by atoms with Crippen molar-refractivity contribution in [1.82, 2.24) is 10.2 Å². The number of hydrogen-bond acceptors (Lipinski definition) is 4. The van der Waals surface area contributed by atoms with E-state index in [-0.39, 0.29) is 23.2 Å². The van der Waals surface area contributed by atoms with Crippen molar-refractivity contribution >= 4 is 23.6 Å². The van der Waals surface area contributed by atoms with E-state index in [1.807, 2.05) is 78.6 Å². The lowest BCUT2D eigenvalue weighted by molar-refractivity contribution is -0.128. The van der Waals surface area contributed by atoms with Crippen molar-refractivity contribution in [1.29, 1.82) is 0 Å². The van der Waals surface area contributed by atoms with Gasteiger partial charge in [0.05, 0.1) is 18.9 Å². The van der Waals surface area contributed by atoms with E-state index in [1.165, 1.54) is 5.56 Å². The molecule has 1 N–H and O–H groups in total. The monoisotopic (exact) mass is 460 g/mol. The minimum atomic E-state index is -0.125. The van der Waals surface area contributed by atoms with E-state index in [0.717, 1.165) is 23.3 Å². The predicted octanol–water partition coefficient (Wildman–Crippen LogP) is 5.00. The first-order chi connectivity index (χ1) is 16.0.